The van der Waals surface area contributed by atoms with Gasteiger partial charge in [0.15, 0.2) is 0 Å². The zero-order chi connectivity index (χ0) is 11.8. The fourth-order valence-electron chi connectivity index (χ4n) is 1.10. The molecule has 1 aromatic heterocycles. The molecule has 0 aliphatic heterocycles. The second kappa shape index (κ2) is 3.51. The van der Waals surface area contributed by atoms with Gasteiger partial charge in [0.2, 0.25) is 5.82 Å². The van der Waals surface area contributed by atoms with Gasteiger partial charge >= 0.3 is 12.1 Å². The molecule has 7 heteroatoms. The molecule has 1 heterocycles. The highest BCUT2D eigenvalue weighted by Crippen LogP contribution is 2.29. The van der Waals surface area contributed by atoms with Crippen molar-refractivity contribution >= 4 is 0 Å². The van der Waals surface area contributed by atoms with Crippen LogP contribution in [-0.2, 0) is 6.18 Å². The van der Waals surface area contributed by atoms with Crippen LogP contribution < -0.4 is 0 Å². The minimum absolute atomic E-state index is 0.0872. The standard InChI is InChI=1S/C9H5F3N2O2/c10-9(11,12)8-13-7(14-16-8)5-2-1-3-6(15)4-5/h1-4,15H. The summed E-state index contributed by atoms with van der Waals surface area (Å²) in [7, 11) is 0. The number of aromatic hydroxyl groups is 1. The molecule has 0 radical (unpaired) electrons. The maximum Gasteiger partial charge on any atom is 0.471 e. The summed E-state index contributed by atoms with van der Waals surface area (Å²) in [5.41, 5.74) is 0.249. The third-order valence-electron chi connectivity index (χ3n) is 1.77. The van der Waals surface area contributed by atoms with E-state index in [2.05, 4.69) is 14.7 Å². The molecule has 84 valence electrons. The van der Waals surface area contributed by atoms with Crippen LogP contribution in [0.5, 0.6) is 5.75 Å². The van der Waals surface area contributed by atoms with Crippen LogP contribution >= 0.6 is 0 Å². The number of phenols is 1. The highest BCUT2D eigenvalue weighted by molar-refractivity contribution is 5.56. The van der Waals surface area contributed by atoms with Crippen molar-refractivity contribution in [3.05, 3.63) is 30.2 Å². The lowest BCUT2D eigenvalue weighted by atomic mass is 10.2. The van der Waals surface area contributed by atoms with Gasteiger partial charge in [-0.05, 0) is 12.1 Å². The summed E-state index contributed by atoms with van der Waals surface area (Å²) in [5.74, 6) is -1.72. The maximum atomic E-state index is 12.2. The lowest BCUT2D eigenvalue weighted by Gasteiger charge is -1.96. The van der Waals surface area contributed by atoms with Gasteiger partial charge in [-0.2, -0.15) is 18.2 Å². The molecule has 1 aromatic carbocycles. The quantitative estimate of drug-likeness (QED) is 0.817. The molecule has 0 saturated carbocycles. The summed E-state index contributed by atoms with van der Waals surface area (Å²) >= 11 is 0. The van der Waals surface area contributed by atoms with Crippen molar-refractivity contribution in [1.29, 1.82) is 0 Å². The Morgan fingerprint density at radius 3 is 2.56 bits per heavy atom. The molecule has 0 aliphatic rings. The van der Waals surface area contributed by atoms with Crippen LogP contribution in [0.3, 0.4) is 0 Å². The molecule has 0 amide bonds. The highest BCUT2D eigenvalue weighted by Gasteiger charge is 2.38. The van der Waals surface area contributed by atoms with Gasteiger partial charge in [-0.3, -0.25) is 0 Å². The van der Waals surface area contributed by atoms with Crippen molar-refractivity contribution in [2.45, 2.75) is 6.18 Å². The molecule has 2 aromatic rings. The molecule has 0 atom stereocenters. The van der Waals surface area contributed by atoms with Crippen molar-refractivity contribution in [2.24, 2.45) is 0 Å². The smallest absolute Gasteiger partial charge is 0.471 e. The molecule has 0 unspecified atom stereocenters. The monoisotopic (exact) mass is 230 g/mol. The van der Waals surface area contributed by atoms with Gasteiger partial charge in [0.25, 0.3) is 0 Å². The molecule has 2 rings (SSSR count). The Balaban J connectivity index is 2.39. The number of alkyl halides is 3. The lowest BCUT2D eigenvalue weighted by Crippen LogP contribution is -2.04. The Labute approximate surface area is 87.3 Å². The topological polar surface area (TPSA) is 59.2 Å². The zero-order valence-corrected chi connectivity index (χ0v) is 7.69. The van der Waals surface area contributed by atoms with E-state index >= 15 is 0 Å². The number of phenolic OH excluding ortho intramolecular Hbond substituents is 1. The molecule has 16 heavy (non-hydrogen) atoms. The summed E-state index contributed by atoms with van der Waals surface area (Å²) in [6, 6.07) is 5.55. The van der Waals surface area contributed by atoms with Crippen molar-refractivity contribution in [3.63, 3.8) is 0 Å². The second-order valence-corrected chi connectivity index (χ2v) is 2.97. The van der Waals surface area contributed by atoms with Crippen molar-refractivity contribution in [1.82, 2.24) is 10.1 Å². The SMILES string of the molecule is Oc1cccc(-c2noc(C(F)(F)F)n2)c1. The Morgan fingerprint density at radius 1 is 1.25 bits per heavy atom. The number of nitrogens with zero attached hydrogens (tertiary/aromatic N) is 2. The summed E-state index contributed by atoms with van der Waals surface area (Å²) in [4.78, 5) is 3.18. The van der Waals surface area contributed by atoms with E-state index in [1.165, 1.54) is 24.3 Å². The number of hydrogen-bond donors (Lipinski definition) is 1. The second-order valence-electron chi connectivity index (χ2n) is 2.97. The van der Waals surface area contributed by atoms with E-state index < -0.39 is 12.1 Å². The first-order valence-electron chi connectivity index (χ1n) is 4.17. The average Bonchev–Trinajstić information content (AvgIpc) is 2.65. The predicted molar refractivity (Wildman–Crippen MR) is 46.4 cm³/mol. The molecule has 4 nitrogen and oxygen atoms in total. The van der Waals surface area contributed by atoms with Gasteiger partial charge in [0.1, 0.15) is 5.75 Å². The maximum absolute atomic E-state index is 12.2. The molecular formula is C9H5F3N2O2. The zero-order valence-electron chi connectivity index (χ0n) is 7.69. The van der Waals surface area contributed by atoms with Crippen LogP contribution in [0.2, 0.25) is 0 Å². The first-order chi connectivity index (χ1) is 7.47. The van der Waals surface area contributed by atoms with E-state index in [1.807, 2.05) is 0 Å². The number of rotatable bonds is 1. The average molecular weight is 230 g/mol. The summed E-state index contributed by atoms with van der Waals surface area (Å²) in [6.45, 7) is 0. The van der Waals surface area contributed by atoms with Crippen LogP contribution in [0, 0.1) is 0 Å². The van der Waals surface area contributed by atoms with Crippen molar-refractivity contribution in [3.8, 4) is 17.1 Å². The molecule has 0 bridgehead atoms. The van der Waals surface area contributed by atoms with Gasteiger partial charge in [-0.25, -0.2) is 0 Å². The third kappa shape index (κ3) is 1.97. The van der Waals surface area contributed by atoms with Crippen LogP contribution in [0.25, 0.3) is 11.4 Å². The van der Waals surface area contributed by atoms with Gasteiger partial charge in [0.05, 0.1) is 0 Å². The molecule has 0 spiro atoms. The Bertz CT molecular complexity index is 507. The Kier molecular flexibility index (Phi) is 2.30. The van der Waals surface area contributed by atoms with E-state index in [9.17, 15) is 13.2 Å². The van der Waals surface area contributed by atoms with E-state index in [1.54, 1.807) is 0 Å². The van der Waals surface area contributed by atoms with Crippen LogP contribution in [-0.4, -0.2) is 15.2 Å². The Morgan fingerprint density at radius 2 is 2.00 bits per heavy atom. The van der Waals surface area contributed by atoms with E-state index in [-0.39, 0.29) is 17.1 Å². The molecule has 0 aliphatic carbocycles. The third-order valence-corrected chi connectivity index (χ3v) is 1.77. The normalized spacial score (nSPS) is 11.7. The number of hydrogen-bond acceptors (Lipinski definition) is 4. The minimum atomic E-state index is -4.66. The highest BCUT2D eigenvalue weighted by atomic mass is 19.4. The van der Waals surface area contributed by atoms with Gasteiger partial charge in [-0.1, -0.05) is 17.3 Å². The fraction of sp³-hybridized carbons (Fsp3) is 0.111. The number of benzene rings is 1. The fourth-order valence-corrected chi connectivity index (χ4v) is 1.10. The van der Waals surface area contributed by atoms with E-state index in [0.29, 0.717) is 0 Å². The minimum Gasteiger partial charge on any atom is -0.508 e. The van der Waals surface area contributed by atoms with Crippen LogP contribution in [0.1, 0.15) is 5.89 Å². The van der Waals surface area contributed by atoms with E-state index in [4.69, 9.17) is 5.11 Å². The Hall–Kier alpha value is -2.05. The molecule has 0 saturated heterocycles. The first kappa shape index (κ1) is 10.5. The summed E-state index contributed by atoms with van der Waals surface area (Å²) in [5, 5.41) is 12.3. The molecule has 0 fully saturated rings. The number of aromatic nitrogens is 2. The van der Waals surface area contributed by atoms with Gasteiger partial charge in [0, 0.05) is 5.56 Å². The predicted octanol–water partition coefficient (Wildman–Crippen LogP) is 2.46. The first-order valence-corrected chi connectivity index (χ1v) is 4.17. The lowest BCUT2D eigenvalue weighted by molar-refractivity contribution is -0.159. The van der Waals surface area contributed by atoms with Crippen molar-refractivity contribution < 1.29 is 22.8 Å². The van der Waals surface area contributed by atoms with Crippen molar-refractivity contribution in [2.75, 3.05) is 0 Å². The van der Waals surface area contributed by atoms with Crippen LogP contribution in [0.15, 0.2) is 28.8 Å². The molecular weight excluding hydrogens is 225 g/mol. The summed E-state index contributed by atoms with van der Waals surface area (Å²) in [6.07, 6.45) is -4.66. The summed E-state index contributed by atoms with van der Waals surface area (Å²) < 4.78 is 40.5. The number of halogens is 3. The molecule has 1 N–H and O–H groups in total. The van der Waals surface area contributed by atoms with Gasteiger partial charge in [-0.15, -0.1) is 0 Å². The van der Waals surface area contributed by atoms with Gasteiger partial charge < -0.3 is 9.63 Å². The van der Waals surface area contributed by atoms with Crippen LogP contribution in [0.4, 0.5) is 13.2 Å². The largest absolute Gasteiger partial charge is 0.508 e. The van der Waals surface area contributed by atoms with E-state index in [0.717, 1.165) is 0 Å².